The van der Waals surface area contributed by atoms with Crippen LogP contribution in [0.25, 0.3) is 0 Å². The van der Waals surface area contributed by atoms with Gasteiger partial charge in [-0.3, -0.25) is 0 Å². The SMILES string of the molecule is CCCCC1=CC=N[N]1. The molecule has 1 radical (unpaired) electrons. The third kappa shape index (κ3) is 1.88. The molecular weight excluding hydrogens is 112 g/mol. The van der Waals surface area contributed by atoms with E-state index in [0.29, 0.717) is 0 Å². The minimum absolute atomic E-state index is 1.08. The average molecular weight is 123 g/mol. The molecule has 2 heteroatoms. The van der Waals surface area contributed by atoms with Crippen molar-refractivity contribution < 1.29 is 0 Å². The van der Waals surface area contributed by atoms with Crippen molar-refractivity contribution in [2.24, 2.45) is 5.10 Å². The van der Waals surface area contributed by atoms with Crippen molar-refractivity contribution in [3.8, 4) is 0 Å². The lowest BCUT2D eigenvalue weighted by atomic mass is 10.2. The highest BCUT2D eigenvalue weighted by Gasteiger charge is 1.98. The summed E-state index contributed by atoms with van der Waals surface area (Å²) in [5, 5.41) is 3.73. The number of hydrogen-bond acceptors (Lipinski definition) is 1. The Kier molecular flexibility index (Phi) is 2.31. The first kappa shape index (κ1) is 6.33. The molecule has 49 valence electrons. The van der Waals surface area contributed by atoms with Crippen molar-refractivity contribution >= 4 is 6.21 Å². The van der Waals surface area contributed by atoms with E-state index in [1.807, 2.05) is 6.08 Å². The lowest BCUT2D eigenvalue weighted by molar-refractivity contribution is 0.726. The molecule has 0 bridgehead atoms. The summed E-state index contributed by atoms with van der Waals surface area (Å²) in [6.45, 7) is 2.18. The summed E-state index contributed by atoms with van der Waals surface area (Å²) in [5.74, 6) is 0. The molecule has 0 aromatic rings. The second-order valence-electron chi connectivity index (χ2n) is 2.13. The predicted molar refractivity (Wildman–Crippen MR) is 38.2 cm³/mol. The Morgan fingerprint density at radius 2 is 2.44 bits per heavy atom. The smallest absolute Gasteiger partial charge is 0.0646 e. The van der Waals surface area contributed by atoms with Crippen molar-refractivity contribution in [1.82, 2.24) is 5.43 Å². The molecule has 1 rings (SSSR count). The summed E-state index contributed by atoms with van der Waals surface area (Å²) in [5.41, 5.74) is 5.03. The fourth-order valence-electron chi connectivity index (χ4n) is 0.751. The van der Waals surface area contributed by atoms with Gasteiger partial charge in [0.1, 0.15) is 0 Å². The Balaban J connectivity index is 2.14. The molecule has 0 amide bonds. The van der Waals surface area contributed by atoms with Gasteiger partial charge in [-0.2, -0.15) is 10.5 Å². The average Bonchev–Trinajstić information content (AvgIpc) is 2.34. The van der Waals surface area contributed by atoms with Crippen molar-refractivity contribution in [3.05, 3.63) is 11.8 Å². The molecule has 0 aromatic carbocycles. The molecule has 1 aliphatic rings. The predicted octanol–water partition coefficient (Wildman–Crippen LogP) is 1.66. The van der Waals surface area contributed by atoms with Crippen molar-refractivity contribution in [2.45, 2.75) is 26.2 Å². The zero-order chi connectivity index (χ0) is 6.53. The van der Waals surface area contributed by atoms with E-state index < -0.39 is 0 Å². The maximum Gasteiger partial charge on any atom is 0.0646 e. The highest BCUT2D eigenvalue weighted by atomic mass is 15.3. The van der Waals surface area contributed by atoms with Gasteiger partial charge in [0.15, 0.2) is 0 Å². The third-order valence-corrected chi connectivity index (χ3v) is 1.31. The molecule has 0 aliphatic carbocycles. The molecule has 1 heterocycles. The monoisotopic (exact) mass is 123 g/mol. The van der Waals surface area contributed by atoms with Crippen LogP contribution in [0.5, 0.6) is 0 Å². The van der Waals surface area contributed by atoms with Crippen LogP contribution in [-0.4, -0.2) is 6.21 Å². The number of allylic oxidation sites excluding steroid dienone is 2. The van der Waals surface area contributed by atoms with Crippen LogP contribution in [0.1, 0.15) is 26.2 Å². The van der Waals surface area contributed by atoms with Crippen LogP contribution in [0.4, 0.5) is 0 Å². The lowest BCUT2D eigenvalue weighted by Crippen LogP contribution is -1.90. The molecular formula is C7H11N2. The maximum absolute atomic E-state index is 3.90. The van der Waals surface area contributed by atoms with Gasteiger partial charge in [0, 0.05) is 0 Å². The van der Waals surface area contributed by atoms with Gasteiger partial charge >= 0.3 is 0 Å². The second-order valence-corrected chi connectivity index (χ2v) is 2.13. The number of unbranched alkanes of at least 4 members (excludes halogenated alkanes) is 1. The normalized spacial score (nSPS) is 15.4. The molecule has 0 saturated carbocycles. The van der Waals surface area contributed by atoms with Crippen molar-refractivity contribution in [3.63, 3.8) is 0 Å². The Hall–Kier alpha value is -0.790. The van der Waals surface area contributed by atoms with Crippen LogP contribution in [-0.2, 0) is 0 Å². The van der Waals surface area contributed by atoms with Crippen LogP contribution >= 0.6 is 0 Å². The van der Waals surface area contributed by atoms with Gasteiger partial charge in [-0.15, -0.1) is 0 Å². The summed E-state index contributed by atoms with van der Waals surface area (Å²) in [6.07, 6.45) is 7.24. The molecule has 0 N–H and O–H groups in total. The maximum atomic E-state index is 3.90. The van der Waals surface area contributed by atoms with Crippen LogP contribution in [0.2, 0.25) is 0 Å². The first-order valence-electron chi connectivity index (χ1n) is 3.36. The standard InChI is InChI=1S/C7H11N2/c1-2-3-4-7-5-6-8-9-7/h5-6H,2-4H2,1H3. The highest BCUT2D eigenvalue weighted by Crippen LogP contribution is 2.06. The third-order valence-electron chi connectivity index (χ3n) is 1.31. The summed E-state index contributed by atoms with van der Waals surface area (Å²) in [7, 11) is 0. The van der Waals surface area contributed by atoms with E-state index in [2.05, 4.69) is 17.5 Å². The van der Waals surface area contributed by atoms with Crippen LogP contribution in [0.15, 0.2) is 16.9 Å². The van der Waals surface area contributed by atoms with Gasteiger partial charge in [-0.05, 0) is 18.9 Å². The Bertz CT molecular complexity index is 136. The molecule has 1 aliphatic heterocycles. The lowest BCUT2D eigenvalue weighted by Gasteiger charge is -1.94. The van der Waals surface area contributed by atoms with Gasteiger partial charge in [0.25, 0.3) is 0 Å². The fraction of sp³-hybridized carbons (Fsp3) is 0.571. The molecule has 9 heavy (non-hydrogen) atoms. The molecule has 0 fully saturated rings. The Morgan fingerprint density at radius 3 is 3.00 bits per heavy atom. The van der Waals surface area contributed by atoms with Gasteiger partial charge in [-0.1, -0.05) is 13.3 Å². The Morgan fingerprint density at radius 1 is 1.56 bits per heavy atom. The molecule has 0 atom stereocenters. The molecule has 0 saturated heterocycles. The number of hydrogen-bond donors (Lipinski definition) is 0. The van der Waals surface area contributed by atoms with Crippen molar-refractivity contribution in [2.75, 3.05) is 0 Å². The van der Waals surface area contributed by atoms with Gasteiger partial charge in [0.05, 0.1) is 11.9 Å². The highest BCUT2D eigenvalue weighted by molar-refractivity contribution is 5.73. The quantitative estimate of drug-likeness (QED) is 0.545. The number of rotatable bonds is 3. The summed E-state index contributed by atoms with van der Waals surface area (Å²) < 4.78 is 0. The molecule has 0 spiro atoms. The van der Waals surface area contributed by atoms with Gasteiger partial charge in [0.2, 0.25) is 0 Å². The van der Waals surface area contributed by atoms with Gasteiger partial charge < -0.3 is 0 Å². The second kappa shape index (κ2) is 3.28. The molecule has 0 aromatic heterocycles. The van der Waals surface area contributed by atoms with Crippen LogP contribution < -0.4 is 5.43 Å². The van der Waals surface area contributed by atoms with Crippen LogP contribution in [0.3, 0.4) is 0 Å². The van der Waals surface area contributed by atoms with E-state index in [4.69, 9.17) is 0 Å². The Labute approximate surface area is 55.6 Å². The topological polar surface area (TPSA) is 26.5 Å². The van der Waals surface area contributed by atoms with E-state index >= 15 is 0 Å². The molecule has 0 unspecified atom stereocenters. The van der Waals surface area contributed by atoms with Crippen molar-refractivity contribution in [1.29, 1.82) is 0 Å². The number of nitrogens with zero attached hydrogens (tertiary/aromatic N) is 2. The van der Waals surface area contributed by atoms with E-state index in [-0.39, 0.29) is 0 Å². The van der Waals surface area contributed by atoms with E-state index in [1.54, 1.807) is 6.21 Å². The molecule has 2 nitrogen and oxygen atoms in total. The minimum Gasteiger partial charge on any atom is -0.159 e. The summed E-state index contributed by atoms with van der Waals surface area (Å²) in [6, 6.07) is 0. The van der Waals surface area contributed by atoms with Crippen LogP contribution in [0, 0.1) is 0 Å². The largest absolute Gasteiger partial charge is 0.159 e. The minimum atomic E-state index is 1.08. The van der Waals surface area contributed by atoms with E-state index in [1.165, 1.54) is 12.8 Å². The fourth-order valence-corrected chi connectivity index (χ4v) is 0.751. The summed E-state index contributed by atoms with van der Waals surface area (Å²) >= 11 is 0. The zero-order valence-electron chi connectivity index (χ0n) is 5.67. The zero-order valence-corrected chi connectivity index (χ0v) is 5.67. The van der Waals surface area contributed by atoms with E-state index in [0.717, 1.165) is 12.1 Å². The first-order valence-corrected chi connectivity index (χ1v) is 3.36. The van der Waals surface area contributed by atoms with E-state index in [9.17, 15) is 0 Å². The van der Waals surface area contributed by atoms with Gasteiger partial charge in [-0.25, -0.2) is 0 Å². The summed E-state index contributed by atoms with van der Waals surface area (Å²) in [4.78, 5) is 0. The first-order chi connectivity index (χ1) is 4.43.